The van der Waals surface area contributed by atoms with Gasteiger partial charge in [0.25, 0.3) is 0 Å². The molecule has 0 aliphatic rings. The lowest BCUT2D eigenvalue weighted by atomic mass is 10.3. The lowest BCUT2D eigenvalue weighted by Crippen LogP contribution is -2.23. The molecule has 21 heavy (non-hydrogen) atoms. The summed E-state index contributed by atoms with van der Waals surface area (Å²) in [6.07, 6.45) is -1.17. The van der Waals surface area contributed by atoms with Crippen LogP contribution in [0.5, 0.6) is 0 Å². The van der Waals surface area contributed by atoms with E-state index in [0.29, 0.717) is 5.82 Å². The molecule has 2 aromatic heterocycles. The van der Waals surface area contributed by atoms with Gasteiger partial charge in [-0.25, -0.2) is 9.97 Å². The summed E-state index contributed by atoms with van der Waals surface area (Å²) in [6, 6.07) is 2.55. The molecule has 0 bridgehead atoms. The highest BCUT2D eigenvalue weighted by atomic mass is 19.4. The number of anilines is 1. The molecule has 0 aromatic carbocycles. The van der Waals surface area contributed by atoms with Gasteiger partial charge in [-0.3, -0.25) is 4.79 Å². The number of nitrogens with zero attached hydrogens (tertiary/aromatic N) is 3. The number of pyridine rings is 1. The van der Waals surface area contributed by atoms with Gasteiger partial charge >= 0.3 is 6.18 Å². The first kappa shape index (κ1) is 15.0. The second-order valence-electron chi connectivity index (χ2n) is 4.59. The average Bonchev–Trinajstić information content (AvgIpc) is 2.90. The summed E-state index contributed by atoms with van der Waals surface area (Å²) in [5.74, 6) is -0.133. The fraction of sp³-hybridized carbons (Fsp3) is 0.308. The molecule has 0 aliphatic carbocycles. The van der Waals surface area contributed by atoms with Crippen LogP contribution in [0.1, 0.15) is 24.2 Å². The first-order valence-corrected chi connectivity index (χ1v) is 6.11. The number of alkyl halides is 3. The number of halogens is 3. The number of carbonyl (C=O) groups is 1. The van der Waals surface area contributed by atoms with Gasteiger partial charge in [-0.05, 0) is 25.5 Å². The van der Waals surface area contributed by atoms with Crippen molar-refractivity contribution in [3.05, 3.63) is 42.1 Å². The Morgan fingerprint density at radius 2 is 2.05 bits per heavy atom. The molecule has 1 atom stereocenters. The molecule has 0 spiro atoms. The van der Waals surface area contributed by atoms with E-state index in [4.69, 9.17) is 0 Å². The Morgan fingerprint density at radius 1 is 1.33 bits per heavy atom. The highest BCUT2D eigenvalue weighted by Crippen LogP contribution is 2.28. The van der Waals surface area contributed by atoms with Gasteiger partial charge in [0.1, 0.15) is 11.9 Å². The molecular formula is C13H13F3N4O. The molecule has 0 saturated carbocycles. The van der Waals surface area contributed by atoms with Crippen molar-refractivity contribution in [1.82, 2.24) is 14.5 Å². The molecule has 0 aliphatic heterocycles. The third-order valence-corrected chi connectivity index (χ3v) is 2.88. The van der Waals surface area contributed by atoms with Crippen molar-refractivity contribution in [2.75, 3.05) is 5.32 Å². The molecule has 1 amide bonds. The van der Waals surface area contributed by atoms with Gasteiger partial charge in [0.2, 0.25) is 5.91 Å². The molecule has 0 saturated heterocycles. The van der Waals surface area contributed by atoms with E-state index in [2.05, 4.69) is 15.3 Å². The summed E-state index contributed by atoms with van der Waals surface area (Å²) >= 11 is 0. The standard InChI is InChI=1S/C13H13F3N4O/c1-8-3-4-11(17-5-8)19-12(21)9(2)20-6-10(18-7-20)13(14,15)16/h3-7,9H,1-2H3,(H,17,19,21). The largest absolute Gasteiger partial charge is 0.434 e. The predicted octanol–water partition coefficient (Wildman–Crippen LogP) is 2.81. The van der Waals surface area contributed by atoms with Crippen molar-refractivity contribution < 1.29 is 18.0 Å². The third kappa shape index (κ3) is 3.59. The maximum atomic E-state index is 12.5. The van der Waals surface area contributed by atoms with Gasteiger partial charge in [0.15, 0.2) is 5.69 Å². The fourth-order valence-electron chi connectivity index (χ4n) is 1.60. The van der Waals surface area contributed by atoms with Crippen molar-refractivity contribution in [3.8, 4) is 0 Å². The molecule has 1 unspecified atom stereocenters. The topological polar surface area (TPSA) is 59.8 Å². The zero-order chi connectivity index (χ0) is 15.6. The van der Waals surface area contributed by atoms with Crippen molar-refractivity contribution in [3.63, 3.8) is 0 Å². The maximum absolute atomic E-state index is 12.5. The molecular weight excluding hydrogens is 285 g/mol. The SMILES string of the molecule is Cc1ccc(NC(=O)C(C)n2cnc(C(F)(F)F)c2)nc1. The van der Waals surface area contributed by atoms with Crippen LogP contribution in [0, 0.1) is 6.92 Å². The van der Waals surface area contributed by atoms with E-state index in [1.807, 2.05) is 6.92 Å². The lowest BCUT2D eigenvalue weighted by Gasteiger charge is -2.13. The molecule has 2 heterocycles. The molecule has 112 valence electrons. The molecule has 0 fully saturated rings. The zero-order valence-electron chi connectivity index (χ0n) is 11.3. The smallest absolute Gasteiger partial charge is 0.325 e. The van der Waals surface area contributed by atoms with Crippen LogP contribution in [0.15, 0.2) is 30.9 Å². The van der Waals surface area contributed by atoms with Crippen molar-refractivity contribution in [2.45, 2.75) is 26.1 Å². The summed E-state index contributed by atoms with van der Waals surface area (Å²) in [5, 5.41) is 2.54. The first-order chi connectivity index (χ1) is 9.77. The van der Waals surface area contributed by atoms with Crippen LogP contribution in [0.25, 0.3) is 0 Å². The maximum Gasteiger partial charge on any atom is 0.434 e. The van der Waals surface area contributed by atoms with Crippen LogP contribution >= 0.6 is 0 Å². The van der Waals surface area contributed by atoms with Crippen LogP contribution in [0.4, 0.5) is 19.0 Å². The first-order valence-electron chi connectivity index (χ1n) is 6.11. The number of aryl methyl sites for hydroxylation is 1. The number of hydrogen-bond acceptors (Lipinski definition) is 3. The molecule has 8 heteroatoms. The van der Waals surface area contributed by atoms with Crippen LogP contribution in [0.2, 0.25) is 0 Å². The minimum atomic E-state index is -4.53. The fourth-order valence-corrected chi connectivity index (χ4v) is 1.60. The molecule has 1 N–H and O–H groups in total. The second kappa shape index (κ2) is 5.55. The van der Waals surface area contributed by atoms with E-state index in [1.165, 1.54) is 6.92 Å². The quantitative estimate of drug-likeness (QED) is 0.948. The van der Waals surface area contributed by atoms with Crippen molar-refractivity contribution >= 4 is 11.7 Å². The lowest BCUT2D eigenvalue weighted by molar-refractivity contribution is -0.141. The molecule has 5 nitrogen and oxygen atoms in total. The van der Waals surface area contributed by atoms with E-state index in [0.717, 1.165) is 22.7 Å². The van der Waals surface area contributed by atoms with Gasteiger partial charge in [0, 0.05) is 12.4 Å². The minimum absolute atomic E-state index is 0.341. The third-order valence-electron chi connectivity index (χ3n) is 2.88. The van der Waals surface area contributed by atoms with Crippen molar-refractivity contribution in [1.29, 1.82) is 0 Å². The number of imidazole rings is 1. The van der Waals surface area contributed by atoms with Gasteiger partial charge < -0.3 is 9.88 Å². The van der Waals surface area contributed by atoms with Crippen LogP contribution in [0.3, 0.4) is 0 Å². The highest BCUT2D eigenvalue weighted by molar-refractivity contribution is 5.92. The summed E-state index contributed by atoms with van der Waals surface area (Å²) in [4.78, 5) is 19.2. The number of amides is 1. The van der Waals surface area contributed by atoms with Gasteiger partial charge in [-0.2, -0.15) is 13.2 Å². The van der Waals surface area contributed by atoms with E-state index in [9.17, 15) is 18.0 Å². The van der Waals surface area contributed by atoms with Crippen LogP contribution < -0.4 is 5.32 Å². The minimum Gasteiger partial charge on any atom is -0.325 e. The number of rotatable bonds is 3. The van der Waals surface area contributed by atoms with Crippen LogP contribution in [-0.2, 0) is 11.0 Å². The Balaban J connectivity index is 2.08. The summed E-state index contributed by atoms with van der Waals surface area (Å²) in [5.41, 5.74) is -0.0962. The van der Waals surface area contributed by atoms with Gasteiger partial charge in [0.05, 0.1) is 6.33 Å². The summed E-state index contributed by atoms with van der Waals surface area (Å²) < 4.78 is 38.5. The van der Waals surface area contributed by atoms with E-state index < -0.39 is 23.8 Å². The van der Waals surface area contributed by atoms with E-state index in [1.54, 1.807) is 18.3 Å². The Hall–Kier alpha value is -2.38. The molecule has 2 rings (SSSR count). The Labute approximate surface area is 118 Å². The van der Waals surface area contributed by atoms with Crippen molar-refractivity contribution in [2.24, 2.45) is 0 Å². The second-order valence-corrected chi connectivity index (χ2v) is 4.59. The van der Waals surface area contributed by atoms with Crippen LogP contribution in [-0.4, -0.2) is 20.4 Å². The number of carbonyl (C=O) groups excluding carboxylic acids is 1. The summed E-state index contributed by atoms with van der Waals surface area (Å²) in [7, 11) is 0. The monoisotopic (exact) mass is 298 g/mol. The Bertz CT molecular complexity index is 634. The van der Waals surface area contributed by atoms with Gasteiger partial charge in [-0.15, -0.1) is 0 Å². The summed E-state index contributed by atoms with van der Waals surface area (Å²) in [6.45, 7) is 3.33. The number of hydrogen-bond donors (Lipinski definition) is 1. The normalized spacial score (nSPS) is 13.0. The van der Waals surface area contributed by atoms with Gasteiger partial charge in [-0.1, -0.05) is 6.07 Å². The Morgan fingerprint density at radius 3 is 2.57 bits per heavy atom. The number of nitrogens with one attached hydrogen (secondary N) is 1. The average molecular weight is 298 g/mol. The van der Waals surface area contributed by atoms with E-state index >= 15 is 0 Å². The zero-order valence-corrected chi connectivity index (χ0v) is 11.3. The highest BCUT2D eigenvalue weighted by Gasteiger charge is 2.34. The number of aromatic nitrogens is 3. The molecule has 0 radical (unpaired) electrons. The Kier molecular flexibility index (Phi) is 3.97. The van der Waals surface area contributed by atoms with E-state index in [-0.39, 0.29) is 0 Å². The molecule has 2 aromatic rings. The predicted molar refractivity (Wildman–Crippen MR) is 69.5 cm³/mol.